The van der Waals surface area contributed by atoms with Crippen molar-refractivity contribution >= 4 is 23.1 Å². The zero-order valence-electron chi connectivity index (χ0n) is 15.7. The Hall–Kier alpha value is -2.58. The summed E-state index contributed by atoms with van der Waals surface area (Å²) in [4.78, 5) is 12.9. The Balaban J connectivity index is 1.82. The van der Waals surface area contributed by atoms with Crippen molar-refractivity contribution in [3.8, 4) is 0 Å². The predicted molar refractivity (Wildman–Crippen MR) is 114 cm³/mol. The molecule has 0 aromatic heterocycles. The van der Waals surface area contributed by atoms with Gasteiger partial charge in [0.25, 0.3) is 0 Å². The smallest absolute Gasteiger partial charge is 0.165 e. The third-order valence-corrected chi connectivity index (χ3v) is 4.99. The highest BCUT2D eigenvalue weighted by atomic mass is 35.5. The van der Waals surface area contributed by atoms with Crippen LogP contribution in [-0.2, 0) is 6.42 Å². The Morgan fingerprint density at radius 3 is 2.15 bits per heavy atom. The van der Waals surface area contributed by atoms with Gasteiger partial charge in [-0.25, -0.2) is 0 Å². The molecule has 138 valence electrons. The molecule has 3 heteroatoms. The molecule has 0 spiro atoms. The minimum Gasteiger partial charge on any atom is -0.378 e. The van der Waals surface area contributed by atoms with Crippen LogP contribution in [-0.4, -0.2) is 5.78 Å². The van der Waals surface area contributed by atoms with Gasteiger partial charge in [-0.1, -0.05) is 72.6 Å². The third kappa shape index (κ3) is 5.21. The second-order valence-electron chi connectivity index (χ2n) is 6.79. The maximum absolute atomic E-state index is 12.9. The fraction of sp³-hybridized carbons (Fsp3) is 0.208. The van der Waals surface area contributed by atoms with Gasteiger partial charge in [-0.05, 0) is 48.7 Å². The normalized spacial score (nSPS) is 11.8. The Morgan fingerprint density at radius 2 is 1.56 bits per heavy atom. The molecule has 0 saturated carbocycles. The van der Waals surface area contributed by atoms with Crippen molar-refractivity contribution in [1.82, 2.24) is 0 Å². The minimum absolute atomic E-state index is 0.122. The average Bonchev–Trinajstić information content (AvgIpc) is 2.70. The summed E-state index contributed by atoms with van der Waals surface area (Å²) < 4.78 is 0. The summed E-state index contributed by atoms with van der Waals surface area (Å²) in [5.41, 5.74) is 5.22. The number of hydrogen-bond donors (Lipinski definition) is 1. The summed E-state index contributed by atoms with van der Waals surface area (Å²) >= 11 is 6.04. The maximum atomic E-state index is 12.9. The molecule has 0 amide bonds. The summed E-state index contributed by atoms with van der Waals surface area (Å²) in [6, 6.07) is 23.7. The van der Waals surface area contributed by atoms with E-state index in [-0.39, 0.29) is 11.8 Å². The van der Waals surface area contributed by atoms with E-state index in [1.807, 2.05) is 60.7 Å². The fourth-order valence-electron chi connectivity index (χ4n) is 3.03. The van der Waals surface area contributed by atoms with Gasteiger partial charge in [0.05, 0.1) is 6.04 Å². The molecule has 0 saturated heterocycles. The molecule has 0 aliphatic rings. The van der Waals surface area contributed by atoms with Crippen LogP contribution in [0.2, 0.25) is 5.02 Å². The van der Waals surface area contributed by atoms with Crippen LogP contribution in [0.3, 0.4) is 0 Å². The van der Waals surface area contributed by atoms with Crippen LogP contribution in [0.1, 0.15) is 46.4 Å². The van der Waals surface area contributed by atoms with E-state index in [1.54, 1.807) is 0 Å². The van der Waals surface area contributed by atoms with Crippen LogP contribution in [0.5, 0.6) is 0 Å². The maximum Gasteiger partial charge on any atom is 0.165 e. The average molecular weight is 378 g/mol. The van der Waals surface area contributed by atoms with Crippen molar-refractivity contribution in [1.29, 1.82) is 0 Å². The van der Waals surface area contributed by atoms with Gasteiger partial charge in [0.2, 0.25) is 0 Å². The van der Waals surface area contributed by atoms with E-state index in [4.69, 9.17) is 11.6 Å². The highest BCUT2D eigenvalue weighted by molar-refractivity contribution is 6.30. The molecule has 0 aliphatic heterocycles. The van der Waals surface area contributed by atoms with E-state index in [2.05, 4.69) is 31.3 Å². The van der Waals surface area contributed by atoms with Crippen molar-refractivity contribution < 1.29 is 4.79 Å². The molecule has 3 aromatic rings. The molecule has 0 bridgehead atoms. The number of ketones is 1. The summed E-state index contributed by atoms with van der Waals surface area (Å²) in [7, 11) is 0. The van der Waals surface area contributed by atoms with Gasteiger partial charge in [0, 0.05) is 22.7 Å². The lowest BCUT2D eigenvalue weighted by molar-refractivity contribution is 0.0976. The number of carbonyl (C=O) groups is 1. The largest absolute Gasteiger partial charge is 0.378 e. The topological polar surface area (TPSA) is 29.1 Å². The summed E-state index contributed by atoms with van der Waals surface area (Å²) in [6.45, 7) is 4.17. The molecule has 0 radical (unpaired) electrons. The van der Waals surface area contributed by atoms with Gasteiger partial charge in [-0.15, -0.1) is 0 Å². The number of carbonyl (C=O) groups excluding carboxylic acids is 1. The predicted octanol–water partition coefficient (Wildman–Crippen LogP) is 6.64. The van der Waals surface area contributed by atoms with Gasteiger partial charge >= 0.3 is 0 Å². The molecule has 3 rings (SSSR count). The minimum atomic E-state index is -0.122. The zero-order chi connectivity index (χ0) is 19.2. The van der Waals surface area contributed by atoms with Crippen LogP contribution in [0.15, 0.2) is 72.8 Å². The quantitative estimate of drug-likeness (QED) is 0.468. The second-order valence-corrected chi connectivity index (χ2v) is 7.23. The molecular formula is C24H24ClNO. The van der Waals surface area contributed by atoms with Gasteiger partial charge < -0.3 is 5.32 Å². The Bertz CT molecular complexity index is 883. The van der Waals surface area contributed by atoms with Crippen LogP contribution in [0.4, 0.5) is 5.69 Å². The molecule has 3 aromatic carbocycles. The van der Waals surface area contributed by atoms with Crippen LogP contribution in [0, 0.1) is 6.92 Å². The highest BCUT2D eigenvalue weighted by Gasteiger charge is 2.17. The number of benzene rings is 3. The van der Waals surface area contributed by atoms with Gasteiger partial charge in [-0.2, -0.15) is 0 Å². The SMILES string of the molecule is CCc1ccc(C(=O)CC(Nc2ccc(C)cc2)c2ccc(Cl)cc2)cc1. The molecular weight excluding hydrogens is 354 g/mol. The first-order chi connectivity index (χ1) is 13.0. The molecule has 1 N–H and O–H groups in total. The lowest BCUT2D eigenvalue weighted by atomic mass is 9.96. The number of rotatable bonds is 7. The molecule has 1 unspecified atom stereocenters. The first-order valence-electron chi connectivity index (χ1n) is 9.26. The standard InChI is InChI=1S/C24H24ClNO/c1-3-18-6-8-20(9-7-18)24(27)16-23(19-10-12-21(25)13-11-19)26-22-14-4-17(2)5-15-22/h4-15,23,26H,3,16H2,1-2H3. The summed E-state index contributed by atoms with van der Waals surface area (Å²) in [6.07, 6.45) is 1.35. The molecule has 1 atom stereocenters. The van der Waals surface area contributed by atoms with Crippen LogP contribution < -0.4 is 5.32 Å². The van der Waals surface area contributed by atoms with Gasteiger partial charge in [0.1, 0.15) is 0 Å². The van der Waals surface area contributed by atoms with Crippen molar-refractivity contribution in [3.63, 3.8) is 0 Å². The van der Waals surface area contributed by atoms with Gasteiger partial charge in [-0.3, -0.25) is 4.79 Å². The van der Waals surface area contributed by atoms with Crippen molar-refractivity contribution in [2.24, 2.45) is 0 Å². The van der Waals surface area contributed by atoms with E-state index in [0.29, 0.717) is 11.4 Å². The molecule has 0 fully saturated rings. The van der Waals surface area contributed by atoms with Crippen molar-refractivity contribution in [2.45, 2.75) is 32.7 Å². The molecule has 27 heavy (non-hydrogen) atoms. The first-order valence-corrected chi connectivity index (χ1v) is 9.63. The number of Topliss-reactive ketones (excluding diaryl/α,β-unsaturated/α-hetero) is 1. The third-order valence-electron chi connectivity index (χ3n) is 4.74. The Labute approximate surface area is 166 Å². The Morgan fingerprint density at radius 1 is 0.926 bits per heavy atom. The van der Waals surface area contributed by atoms with E-state index in [0.717, 1.165) is 23.2 Å². The summed E-state index contributed by atoms with van der Waals surface area (Å²) in [5.74, 6) is 0.122. The number of hydrogen-bond acceptors (Lipinski definition) is 2. The lowest BCUT2D eigenvalue weighted by Crippen LogP contribution is -2.16. The van der Waals surface area contributed by atoms with Crippen molar-refractivity contribution in [3.05, 3.63) is 100 Å². The highest BCUT2D eigenvalue weighted by Crippen LogP contribution is 2.26. The van der Waals surface area contributed by atoms with Crippen LogP contribution >= 0.6 is 11.6 Å². The molecule has 0 heterocycles. The number of anilines is 1. The second kappa shape index (κ2) is 8.88. The first kappa shape index (κ1) is 19.2. The number of aryl methyl sites for hydroxylation is 2. The Kier molecular flexibility index (Phi) is 6.31. The zero-order valence-corrected chi connectivity index (χ0v) is 16.5. The molecule has 0 aliphatic carbocycles. The lowest BCUT2D eigenvalue weighted by Gasteiger charge is -2.20. The van der Waals surface area contributed by atoms with E-state index >= 15 is 0 Å². The van der Waals surface area contributed by atoms with Crippen LogP contribution in [0.25, 0.3) is 0 Å². The van der Waals surface area contributed by atoms with Crippen molar-refractivity contribution in [2.75, 3.05) is 5.32 Å². The monoisotopic (exact) mass is 377 g/mol. The fourth-order valence-corrected chi connectivity index (χ4v) is 3.15. The number of nitrogens with one attached hydrogen (secondary N) is 1. The summed E-state index contributed by atoms with van der Waals surface area (Å²) in [5, 5.41) is 4.19. The van der Waals surface area contributed by atoms with E-state index < -0.39 is 0 Å². The molecule has 2 nitrogen and oxygen atoms in total. The number of halogens is 1. The van der Waals surface area contributed by atoms with E-state index in [9.17, 15) is 4.79 Å². The van der Waals surface area contributed by atoms with E-state index in [1.165, 1.54) is 11.1 Å². The van der Waals surface area contributed by atoms with Gasteiger partial charge in [0.15, 0.2) is 5.78 Å².